The van der Waals surface area contributed by atoms with E-state index in [0.29, 0.717) is 18.2 Å². The summed E-state index contributed by atoms with van der Waals surface area (Å²) in [4.78, 5) is 0. The van der Waals surface area contributed by atoms with Gasteiger partial charge in [-0.1, -0.05) is 0 Å². The molecule has 0 aromatic carbocycles. The summed E-state index contributed by atoms with van der Waals surface area (Å²) in [7, 11) is 0. The van der Waals surface area contributed by atoms with Crippen molar-refractivity contribution in [3.63, 3.8) is 0 Å². The van der Waals surface area contributed by atoms with Crippen molar-refractivity contribution in [3.8, 4) is 0 Å². The van der Waals surface area contributed by atoms with E-state index in [2.05, 4.69) is 25.4 Å². The summed E-state index contributed by atoms with van der Waals surface area (Å²) in [5.41, 5.74) is 0. The van der Waals surface area contributed by atoms with E-state index in [1.165, 1.54) is 18.6 Å². The third-order valence-corrected chi connectivity index (χ3v) is 3.27. The Labute approximate surface area is 85.8 Å². The fraction of sp³-hybridized carbons (Fsp3) is 1.00. The van der Waals surface area contributed by atoms with Crippen LogP contribution < -0.4 is 5.32 Å². The SMILES string of the molecule is CCOC1CC(NC(C)CSC)C1. The van der Waals surface area contributed by atoms with E-state index in [4.69, 9.17) is 4.74 Å². The van der Waals surface area contributed by atoms with Crippen molar-refractivity contribution in [2.24, 2.45) is 0 Å². The number of rotatable bonds is 6. The van der Waals surface area contributed by atoms with Gasteiger partial charge in [0.2, 0.25) is 0 Å². The largest absolute Gasteiger partial charge is 0.378 e. The molecule has 1 aliphatic carbocycles. The first-order valence-electron chi connectivity index (χ1n) is 5.12. The second-order valence-corrected chi connectivity index (χ2v) is 4.68. The topological polar surface area (TPSA) is 21.3 Å². The molecule has 0 bridgehead atoms. The summed E-state index contributed by atoms with van der Waals surface area (Å²) >= 11 is 1.90. The molecule has 3 heteroatoms. The van der Waals surface area contributed by atoms with Gasteiger partial charge in [-0.25, -0.2) is 0 Å². The van der Waals surface area contributed by atoms with Gasteiger partial charge in [0.05, 0.1) is 6.10 Å². The standard InChI is InChI=1S/C10H21NOS/c1-4-12-10-5-9(6-10)11-8(2)7-13-3/h8-11H,4-7H2,1-3H3. The van der Waals surface area contributed by atoms with E-state index in [0.717, 1.165) is 6.61 Å². The van der Waals surface area contributed by atoms with E-state index in [1.807, 2.05) is 11.8 Å². The monoisotopic (exact) mass is 203 g/mol. The fourth-order valence-corrected chi connectivity index (χ4v) is 2.37. The van der Waals surface area contributed by atoms with Gasteiger partial charge < -0.3 is 10.1 Å². The van der Waals surface area contributed by atoms with Gasteiger partial charge in [0.1, 0.15) is 0 Å². The Hall–Kier alpha value is 0.270. The molecule has 1 atom stereocenters. The number of ether oxygens (including phenoxy) is 1. The first kappa shape index (κ1) is 11.3. The molecule has 1 aliphatic rings. The maximum atomic E-state index is 5.50. The molecule has 0 radical (unpaired) electrons. The van der Waals surface area contributed by atoms with Crippen LogP contribution >= 0.6 is 11.8 Å². The lowest BCUT2D eigenvalue weighted by Crippen LogP contribution is -2.49. The van der Waals surface area contributed by atoms with Crippen LogP contribution in [0.1, 0.15) is 26.7 Å². The minimum absolute atomic E-state index is 0.531. The van der Waals surface area contributed by atoms with Gasteiger partial charge in [-0.05, 0) is 32.9 Å². The van der Waals surface area contributed by atoms with Gasteiger partial charge in [-0.3, -0.25) is 0 Å². The Kier molecular flexibility index (Phi) is 5.14. The molecular formula is C10H21NOS. The van der Waals surface area contributed by atoms with E-state index < -0.39 is 0 Å². The summed E-state index contributed by atoms with van der Waals surface area (Å²) in [6, 6.07) is 1.35. The quantitative estimate of drug-likeness (QED) is 0.712. The highest BCUT2D eigenvalue weighted by molar-refractivity contribution is 7.98. The number of hydrogen-bond donors (Lipinski definition) is 1. The molecule has 78 valence electrons. The zero-order valence-electron chi connectivity index (χ0n) is 8.88. The minimum atomic E-state index is 0.531. The highest BCUT2D eigenvalue weighted by atomic mass is 32.2. The fourth-order valence-electron chi connectivity index (χ4n) is 1.77. The average Bonchev–Trinajstić information content (AvgIpc) is 2.01. The van der Waals surface area contributed by atoms with Gasteiger partial charge in [-0.2, -0.15) is 11.8 Å². The lowest BCUT2D eigenvalue weighted by atomic mass is 9.89. The molecule has 1 fully saturated rings. The predicted octanol–water partition coefficient (Wildman–Crippen LogP) is 1.90. The van der Waals surface area contributed by atoms with Crippen LogP contribution in [0.4, 0.5) is 0 Å². The summed E-state index contributed by atoms with van der Waals surface area (Å²) in [5, 5.41) is 3.60. The normalized spacial score (nSPS) is 29.8. The number of nitrogens with one attached hydrogen (secondary N) is 1. The summed E-state index contributed by atoms with van der Waals surface area (Å²) in [6.45, 7) is 5.18. The van der Waals surface area contributed by atoms with Crippen LogP contribution in [0.25, 0.3) is 0 Å². The van der Waals surface area contributed by atoms with Crippen molar-refractivity contribution in [1.29, 1.82) is 0 Å². The second kappa shape index (κ2) is 5.89. The van der Waals surface area contributed by atoms with E-state index in [9.17, 15) is 0 Å². The molecule has 0 aliphatic heterocycles. The Balaban J connectivity index is 2.00. The van der Waals surface area contributed by atoms with Crippen molar-refractivity contribution >= 4 is 11.8 Å². The Morgan fingerprint density at radius 3 is 2.77 bits per heavy atom. The summed E-state index contributed by atoms with van der Waals surface area (Å²) in [6.07, 6.45) is 5.09. The van der Waals surface area contributed by atoms with Crippen LogP contribution in [0, 0.1) is 0 Å². The third kappa shape index (κ3) is 3.88. The van der Waals surface area contributed by atoms with Gasteiger partial charge in [0.15, 0.2) is 0 Å². The van der Waals surface area contributed by atoms with Gasteiger partial charge >= 0.3 is 0 Å². The van der Waals surface area contributed by atoms with Gasteiger partial charge in [0, 0.05) is 24.4 Å². The zero-order valence-corrected chi connectivity index (χ0v) is 9.69. The van der Waals surface area contributed by atoms with E-state index >= 15 is 0 Å². The molecule has 1 unspecified atom stereocenters. The molecular weight excluding hydrogens is 182 g/mol. The van der Waals surface area contributed by atoms with Crippen molar-refractivity contribution in [2.75, 3.05) is 18.6 Å². The van der Waals surface area contributed by atoms with Crippen molar-refractivity contribution in [3.05, 3.63) is 0 Å². The van der Waals surface area contributed by atoms with Crippen LogP contribution in [0.5, 0.6) is 0 Å². The summed E-state index contributed by atoms with van der Waals surface area (Å²) in [5.74, 6) is 1.20. The van der Waals surface area contributed by atoms with Crippen LogP contribution in [-0.2, 0) is 4.74 Å². The van der Waals surface area contributed by atoms with Crippen LogP contribution in [-0.4, -0.2) is 36.8 Å². The first-order chi connectivity index (χ1) is 6.26. The molecule has 0 spiro atoms. The van der Waals surface area contributed by atoms with Crippen LogP contribution in [0.3, 0.4) is 0 Å². The molecule has 0 aromatic rings. The Morgan fingerprint density at radius 2 is 2.23 bits per heavy atom. The average molecular weight is 203 g/mol. The summed E-state index contributed by atoms with van der Waals surface area (Å²) < 4.78 is 5.50. The highest BCUT2D eigenvalue weighted by Crippen LogP contribution is 2.23. The molecule has 1 rings (SSSR count). The van der Waals surface area contributed by atoms with Crippen LogP contribution in [0.2, 0.25) is 0 Å². The maximum Gasteiger partial charge on any atom is 0.0604 e. The molecule has 13 heavy (non-hydrogen) atoms. The molecule has 0 heterocycles. The van der Waals surface area contributed by atoms with Crippen molar-refractivity contribution in [2.45, 2.75) is 44.9 Å². The van der Waals surface area contributed by atoms with Gasteiger partial charge in [-0.15, -0.1) is 0 Å². The Morgan fingerprint density at radius 1 is 1.54 bits per heavy atom. The smallest absolute Gasteiger partial charge is 0.0604 e. The van der Waals surface area contributed by atoms with Crippen molar-refractivity contribution in [1.82, 2.24) is 5.32 Å². The molecule has 1 saturated carbocycles. The predicted molar refractivity (Wildman–Crippen MR) is 59.4 cm³/mol. The molecule has 0 saturated heterocycles. The lowest BCUT2D eigenvalue weighted by molar-refractivity contribution is -0.0113. The molecule has 0 aromatic heterocycles. The van der Waals surface area contributed by atoms with Crippen molar-refractivity contribution < 1.29 is 4.74 Å². The van der Waals surface area contributed by atoms with E-state index in [-0.39, 0.29) is 0 Å². The minimum Gasteiger partial charge on any atom is -0.378 e. The lowest BCUT2D eigenvalue weighted by Gasteiger charge is -2.37. The number of thioether (sulfide) groups is 1. The molecule has 0 amide bonds. The Bertz CT molecular complexity index is 137. The number of hydrogen-bond acceptors (Lipinski definition) is 3. The highest BCUT2D eigenvalue weighted by Gasteiger charge is 2.29. The van der Waals surface area contributed by atoms with E-state index in [1.54, 1.807) is 0 Å². The first-order valence-corrected chi connectivity index (χ1v) is 6.52. The second-order valence-electron chi connectivity index (χ2n) is 3.77. The zero-order chi connectivity index (χ0) is 9.68. The molecule has 2 nitrogen and oxygen atoms in total. The molecule has 1 N–H and O–H groups in total. The third-order valence-electron chi connectivity index (χ3n) is 2.43. The maximum absolute atomic E-state index is 5.50. The van der Waals surface area contributed by atoms with Crippen LogP contribution in [0.15, 0.2) is 0 Å². The van der Waals surface area contributed by atoms with Gasteiger partial charge in [0.25, 0.3) is 0 Å².